The number of nitrogens with zero attached hydrogens (tertiary/aromatic N) is 3. The number of H-pyrrole nitrogens is 1. The lowest BCUT2D eigenvalue weighted by atomic mass is 10.3. The number of rotatable bonds is 2. The maximum Gasteiger partial charge on any atom is 0.151 e. The molecule has 4 nitrogen and oxygen atoms in total. The molecule has 0 radical (unpaired) electrons. The summed E-state index contributed by atoms with van der Waals surface area (Å²) in [5.41, 5.74) is 1.99. The van der Waals surface area contributed by atoms with E-state index in [1.54, 1.807) is 6.20 Å². The molecule has 1 unspecified atom stereocenters. The Labute approximate surface area is 90.3 Å². The Balaban J connectivity index is 2.39. The van der Waals surface area contributed by atoms with E-state index in [1.165, 1.54) is 11.3 Å². The molecule has 1 N–H and O–H groups in total. The number of hydrogen-bond donors (Lipinski definition) is 1. The van der Waals surface area contributed by atoms with Crippen LogP contribution < -0.4 is 0 Å². The monoisotopic (exact) mass is 228 g/mol. The number of hydrogen-bond acceptors (Lipinski definition) is 4. The molecule has 0 amide bonds. The Morgan fingerprint density at radius 1 is 1.50 bits per heavy atom. The summed E-state index contributed by atoms with van der Waals surface area (Å²) in [4.78, 5) is 0. The molecule has 2 rings (SSSR count). The van der Waals surface area contributed by atoms with Gasteiger partial charge in [0.25, 0.3) is 0 Å². The van der Waals surface area contributed by atoms with Gasteiger partial charge in [-0.2, -0.15) is 5.10 Å². The van der Waals surface area contributed by atoms with Crippen LogP contribution in [0.25, 0.3) is 10.6 Å². The Morgan fingerprint density at radius 2 is 2.29 bits per heavy atom. The zero-order chi connectivity index (χ0) is 10.1. The van der Waals surface area contributed by atoms with E-state index in [4.69, 9.17) is 11.6 Å². The van der Waals surface area contributed by atoms with Crippen LogP contribution in [-0.4, -0.2) is 20.4 Å². The van der Waals surface area contributed by atoms with Gasteiger partial charge in [-0.15, -0.1) is 21.8 Å². The van der Waals surface area contributed by atoms with Crippen molar-refractivity contribution in [2.24, 2.45) is 0 Å². The van der Waals surface area contributed by atoms with Gasteiger partial charge in [-0.3, -0.25) is 5.10 Å². The second kappa shape index (κ2) is 3.67. The second-order valence-electron chi connectivity index (χ2n) is 2.97. The summed E-state index contributed by atoms with van der Waals surface area (Å²) in [7, 11) is 0. The van der Waals surface area contributed by atoms with Gasteiger partial charge in [-0.1, -0.05) is 11.3 Å². The fraction of sp³-hybridized carbons (Fsp3) is 0.375. The van der Waals surface area contributed by atoms with E-state index >= 15 is 0 Å². The molecule has 0 bridgehead atoms. The summed E-state index contributed by atoms with van der Waals surface area (Å²) in [6.45, 7) is 3.83. The van der Waals surface area contributed by atoms with Crippen molar-refractivity contribution in [2.45, 2.75) is 19.2 Å². The molecule has 2 aromatic rings. The fourth-order valence-electron chi connectivity index (χ4n) is 1.07. The molecule has 2 heterocycles. The molecule has 6 heteroatoms. The van der Waals surface area contributed by atoms with Gasteiger partial charge in [-0.25, -0.2) is 0 Å². The summed E-state index contributed by atoms with van der Waals surface area (Å²) in [5.74, 6) is 0. The van der Waals surface area contributed by atoms with Crippen LogP contribution in [0.15, 0.2) is 6.20 Å². The molecule has 0 fully saturated rings. The predicted octanol–water partition coefficient (Wildman–Crippen LogP) is 2.54. The number of halogens is 1. The van der Waals surface area contributed by atoms with E-state index in [0.717, 1.165) is 21.3 Å². The minimum atomic E-state index is -0.0894. The van der Waals surface area contributed by atoms with Crippen molar-refractivity contribution in [3.05, 3.63) is 16.9 Å². The van der Waals surface area contributed by atoms with Gasteiger partial charge in [0.2, 0.25) is 0 Å². The smallest absolute Gasteiger partial charge is 0.151 e. The van der Waals surface area contributed by atoms with Gasteiger partial charge in [0.1, 0.15) is 5.01 Å². The molecule has 0 saturated carbocycles. The van der Waals surface area contributed by atoms with Crippen molar-refractivity contribution in [1.29, 1.82) is 0 Å². The Hall–Kier alpha value is -0.940. The number of aryl methyl sites for hydroxylation is 1. The van der Waals surface area contributed by atoms with Crippen LogP contribution in [0.3, 0.4) is 0 Å². The lowest BCUT2D eigenvalue weighted by Crippen LogP contribution is -1.80. The van der Waals surface area contributed by atoms with Gasteiger partial charge >= 0.3 is 0 Å². The minimum absolute atomic E-state index is 0.0894. The first-order valence-corrected chi connectivity index (χ1v) is 5.41. The Morgan fingerprint density at radius 3 is 2.79 bits per heavy atom. The highest BCUT2D eigenvalue weighted by Gasteiger charge is 2.12. The zero-order valence-electron chi connectivity index (χ0n) is 7.78. The highest BCUT2D eigenvalue weighted by molar-refractivity contribution is 7.15. The van der Waals surface area contributed by atoms with Crippen LogP contribution >= 0.6 is 22.9 Å². The van der Waals surface area contributed by atoms with Crippen molar-refractivity contribution < 1.29 is 0 Å². The summed E-state index contributed by atoms with van der Waals surface area (Å²) in [5, 5.41) is 16.5. The molecular weight excluding hydrogens is 220 g/mol. The quantitative estimate of drug-likeness (QED) is 0.804. The molecule has 14 heavy (non-hydrogen) atoms. The lowest BCUT2D eigenvalue weighted by molar-refractivity contribution is 0.962. The zero-order valence-corrected chi connectivity index (χ0v) is 9.35. The lowest BCUT2D eigenvalue weighted by Gasteiger charge is -1.91. The third-order valence-electron chi connectivity index (χ3n) is 1.84. The van der Waals surface area contributed by atoms with E-state index in [9.17, 15) is 0 Å². The van der Waals surface area contributed by atoms with Crippen molar-refractivity contribution in [1.82, 2.24) is 20.4 Å². The Kier molecular flexibility index (Phi) is 2.52. The van der Waals surface area contributed by atoms with E-state index in [2.05, 4.69) is 20.4 Å². The number of nitrogens with one attached hydrogen (secondary N) is 1. The maximum absolute atomic E-state index is 5.90. The van der Waals surface area contributed by atoms with Crippen LogP contribution in [0.1, 0.15) is 23.0 Å². The third-order valence-corrected chi connectivity index (χ3v) is 3.32. The third kappa shape index (κ3) is 1.65. The van der Waals surface area contributed by atoms with Gasteiger partial charge in [0.15, 0.2) is 5.01 Å². The van der Waals surface area contributed by atoms with Crippen LogP contribution in [0.2, 0.25) is 0 Å². The first-order valence-electron chi connectivity index (χ1n) is 4.16. The molecule has 0 aliphatic rings. The second-order valence-corrected chi connectivity index (χ2v) is 4.63. The van der Waals surface area contributed by atoms with Crippen molar-refractivity contribution in [3.8, 4) is 10.6 Å². The van der Waals surface area contributed by atoms with Crippen molar-refractivity contribution >= 4 is 22.9 Å². The molecule has 2 aromatic heterocycles. The van der Waals surface area contributed by atoms with Gasteiger partial charge in [0, 0.05) is 5.69 Å². The van der Waals surface area contributed by atoms with Crippen molar-refractivity contribution in [3.63, 3.8) is 0 Å². The molecule has 0 aliphatic carbocycles. The average Bonchev–Trinajstić information content (AvgIpc) is 2.71. The number of alkyl halides is 1. The molecule has 0 saturated heterocycles. The van der Waals surface area contributed by atoms with Crippen molar-refractivity contribution in [2.75, 3.05) is 0 Å². The molecule has 0 aliphatic heterocycles. The topological polar surface area (TPSA) is 54.5 Å². The fourth-order valence-corrected chi connectivity index (χ4v) is 2.09. The van der Waals surface area contributed by atoms with Crippen LogP contribution in [0.4, 0.5) is 0 Å². The van der Waals surface area contributed by atoms with E-state index in [-0.39, 0.29) is 5.38 Å². The SMILES string of the molecule is Cc1[nH]ncc1-c1nnc(C(C)Cl)s1. The van der Waals surface area contributed by atoms with E-state index in [1.807, 2.05) is 13.8 Å². The number of aromatic amines is 1. The van der Waals surface area contributed by atoms with E-state index in [0.29, 0.717) is 0 Å². The highest BCUT2D eigenvalue weighted by atomic mass is 35.5. The summed E-state index contributed by atoms with van der Waals surface area (Å²) in [6.07, 6.45) is 1.75. The van der Waals surface area contributed by atoms with E-state index < -0.39 is 0 Å². The summed E-state index contributed by atoms with van der Waals surface area (Å²) >= 11 is 7.40. The van der Waals surface area contributed by atoms with Crippen LogP contribution in [-0.2, 0) is 0 Å². The summed E-state index contributed by atoms with van der Waals surface area (Å²) in [6, 6.07) is 0. The predicted molar refractivity (Wildman–Crippen MR) is 56.5 cm³/mol. The summed E-state index contributed by atoms with van der Waals surface area (Å²) < 4.78 is 0. The first kappa shape index (κ1) is 9.61. The highest BCUT2D eigenvalue weighted by Crippen LogP contribution is 2.29. The Bertz CT molecular complexity index is 434. The van der Waals surface area contributed by atoms with Gasteiger partial charge in [-0.05, 0) is 13.8 Å². The van der Waals surface area contributed by atoms with Crippen LogP contribution in [0, 0.1) is 6.92 Å². The first-order chi connectivity index (χ1) is 6.68. The van der Waals surface area contributed by atoms with Gasteiger partial charge in [0.05, 0.1) is 17.1 Å². The molecular formula is C8H9ClN4S. The molecule has 74 valence electrons. The molecule has 1 atom stereocenters. The molecule has 0 spiro atoms. The largest absolute Gasteiger partial charge is 0.282 e. The normalized spacial score (nSPS) is 13.1. The maximum atomic E-state index is 5.90. The standard InChI is InChI=1S/C8H9ClN4S/c1-4(9)7-12-13-8(14-7)6-3-10-11-5(6)2/h3-4H,1-2H3,(H,10,11). The average molecular weight is 229 g/mol. The minimum Gasteiger partial charge on any atom is -0.282 e. The van der Waals surface area contributed by atoms with Crippen LogP contribution in [0.5, 0.6) is 0 Å². The molecule has 0 aromatic carbocycles. The number of aromatic nitrogens is 4. The van der Waals surface area contributed by atoms with Gasteiger partial charge < -0.3 is 0 Å².